The van der Waals surface area contributed by atoms with Gasteiger partial charge in [0.1, 0.15) is 6.04 Å². The Balaban J connectivity index is 2.61. The zero-order chi connectivity index (χ0) is 12.7. The molecule has 92 valence electrons. The van der Waals surface area contributed by atoms with Gasteiger partial charge in [0.05, 0.1) is 6.61 Å². The molecule has 0 bridgehead atoms. The fourth-order valence-electron chi connectivity index (χ4n) is 1.39. The van der Waals surface area contributed by atoms with Crippen LogP contribution in [-0.2, 0) is 16.0 Å². The minimum atomic E-state index is -0.753. The van der Waals surface area contributed by atoms with Gasteiger partial charge in [0.2, 0.25) is 5.91 Å². The first-order chi connectivity index (χ1) is 8.13. The quantitative estimate of drug-likeness (QED) is 0.794. The third-order valence-electron chi connectivity index (χ3n) is 2.19. The number of carbonyl (C=O) groups is 2. The van der Waals surface area contributed by atoms with Gasteiger partial charge in [-0.3, -0.25) is 4.79 Å². The molecule has 0 aliphatic rings. The Morgan fingerprint density at radius 1 is 1.35 bits per heavy atom. The number of benzene rings is 1. The maximum absolute atomic E-state index is 11.2. The molecule has 0 heterocycles. The van der Waals surface area contributed by atoms with Crippen molar-refractivity contribution < 1.29 is 14.3 Å². The summed E-state index contributed by atoms with van der Waals surface area (Å²) in [6, 6.07) is 8.57. The van der Waals surface area contributed by atoms with Crippen LogP contribution in [0.1, 0.15) is 12.5 Å². The van der Waals surface area contributed by atoms with Crippen molar-refractivity contribution in [2.45, 2.75) is 19.4 Å². The average molecular weight is 236 g/mol. The maximum Gasteiger partial charge on any atom is 0.407 e. The number of amides is 2. The molecule has 2 amide bonds. The number of hydrogen-bond acceptors (Lipinski definition) is 3. The van der Waals surface area contributed by atoms with E-state index in [9.17, 15) is 9.59 Å². The summed E-state index contributed by atoms with van der Waals surface area (Å²) in [6.45, 7) is 1.94. The number of carbonyl (C=O) groups excluding carboxylic acids is 2. The summed E-state index contributed by atoms with van der Waals surface area (Å²) < 4.78 is 4.70. The number of rotatable bonds is 5. The van der Waals surface area contributed by atoms with Crippen LogP contribution in [0.5, 0.6) is 0 Å². The molecule has 0 aromatic heterocycles. The molecule has 1 atom stereocenters. The van der Waals surface area contributed by atoms with Gasteiger partial charge >= 0.3 is 6.09 Å². The van der Waals surface area contributed by atoms with Crippen LogP contribution >= 0.6 is 0 Å². The first kappa shape index (κ1) is 13.0. The Labute approximate surface area is 99.9 Å². The molecule has 1 aromatic rings. The second kappa shape index (κ2) is 6.52. The number of alkyl carbamates (subject to hydrolysis) is 1. The third-order valence-corrected chi connectivity index (χ3v) is 2.19. The molecule has 3 N–H and O–H groups in total. The van der Waals surface area contributed by atoms with E-state index in [0.29, 0.717) is 6.42 Å². The number of hydrogen-bond donors (Lipinski definition) is 2. The summed E-state index contributed by atoms with van der Waals surface area (Å²) in [5.74, 6) is -0.582. The predicted octanol–water partition coefficient (Wildman–Crippen LogP) is 0.829. The van der Waals surface area contributed by atoms with Crippen molar-refractivity contribution in [3.8, 4) is 0 Å². The van der Waals surface area contributed by atoms with Gasteiger partial charge in [-0.15, -0.1) is 0 Å². The zero-order valence-corrected chi connectivity index (χ0v) is 9.68. The molecule has 5 heteroatoms. The van der Waals surface area contributed by atoms with E-state index in [4.69, 9.17) is 10.5 Å². The van der Waals surface area contributed by atoms with E-state index in [0.717, 1.165) is 5.56 Å². The molecule has 0 spiro atoms. The van der Waals surface area contributed by atoms with Crippen LogP contribution in [0.15, 0.2) is 30.3 Å². The van der Waals surface area contributed by atoms with E-state index in [1.807, 2.05) is 30.3 Å². The summed E-state index contributed by atoms with van der Waals surface area (Å²) in [5, 5.41) is 2.43. The molecular weight excluding hydrogens is 220 g/mol. The van der Waals surface area contributed by atoms with Crippen molar-refractivity contribution in [2.24, 2.45) is 5.73 Å². The molecular formula is C12H16N2O3. The minimum Gasteiger partial charge on any atom is -0.450 e. The highest BCUT2D eigenvalue weighted by Gasteiger charge is 2.18. The lowest BCUT2D eigenvalue weighted by atomic mass is 10.1. The Kier molecular flexibility index (Phi) is 5.00. The van der Waals surface area contributed by atoms with Crippen LogP contribution in [0, 0.1) is 0 Å². The number of primary amides is 1. The second-order valence-electron chi connectivity index (χ2n) is 3.51. The van der Waals surface area contributed by atoms with E-state index in [1.54, 1.807) is 6.92 Å². The lowest BCUT2D eigenvalue weighted by molar-refractivity contribution is -0.119. The highest BCUT2D eigenvalue weighted by molar-refractivity contribution is 5.84. The summed E-state index contributed by atoms with van der Waals surface area (Å²) in [6.07, 6.45) is -0.276. The Bertz CT molecular complexity index is 379. The van der Waals surface area contributed by atoms with E-state index in [-0.39, 0.29) is 6.61 Å². The molecule has 17 heavy (non-hydrogen) atoms. The Hall–Kier alpha value is -2.04. The summed E-state index contributed by atoms with van der Waals surface area (Å²) in [4.78, 5) is 22.4. The van der Waals surface area contributed by atoms with Crippen LogP contribution in [0.3, 0.4) is 0 Å². The highest BCUT2D eigenvalue weighted by atomic mass is 16.5. The van der Waals surface area contributed by atoms with E-state index < -0.39 is 18.0 Å². The van der Waals surface area contributed by atoms with Crippen LogP contribution in [0.25, 0.3) is 0 Å². The van der Waals surface area contributed by atoms with Crippen molar-refractivity contribution in [3.63, 3.8) is 0 Å². The smallest absolute Gasteiger partial charge is 0.407 e. The second-order valence-corrected chi connectivity index (χ2v) is 3.51. The molecule has 0 saturated heterocycles. The largest absolute Gasteiger partial charge is 0.450 e. The normalized spacial score (nSPS) is 11.6. The first-order valence-corrected chi connectivity index (χ1v) is 5.40. The lowest BCUT2D eigenvalue weighted by Gasteiger charge is -2.15. The molecule has 5 nitrogen and oxygen atoms in total. The molecule has 0 aliphatic carbocycles. The van der Waals surface area contributed by atoms with Crippen LogP contribution < -0.4 is 11.1 Å². The van der Waals surface area contributed by atoms with Crippen molar-refractivity contribution in [2.75, 3.05) is 6.61 Å². The summed E-state index contributed by atoms with van der Waals surface area (Å²) >= 11 is 0. The third kappa shape index (κ3) is 4.55. The fourth-order valence-corrected chi connectivity index (χ4v) is 1.39. The molecule has 1 unspecified atom stereocenters. The highest BCUT2D eigenvalue weighted by Crippen LogP contribution is 2.03. The van der Waals surface area contributed by atoms with E-state index in [1.165, 1.54) is 0 Å². The van der Waals surface area contributed by atoms with Crippen molar-refractivity contribution >= 4 is 12.0 Å². The SMILES string of the molecule is CCOC(=O)NC(Cc1ccccc1)C(N)=O. The van der Waals surface area contributed by atoms with Gasteiger partial charge < -0.3 is 15.8 Å². The monoisotopic (exact) mass is 236 g/mol. The van der Waals surface area contributed by atoms with Gasteiger partial charge in [0, 0.05) is 6.42 Å². The van der Waals surface area contributed by atoms with Crippen LogP contribution in [0.4, 0.5) is 4.79 Å². The standard InChI is InChI=1S/C12H16N2O3/c1-2-17-12(16)14-10(11(13)15)8-9-6-4-3-5-7-9/h3-7,10H,2,8H2,1H3,(H2,13,15)(H,14,16). The van der Waals surface area contributed by atoms with Gasteiger partial charge in [-0.25, -0.2) is 4.79 Å². The predicted molar refractivity (Wildman–Crippen MR) is 63.3 cm³/mol. The number of nitrogens with one attached hydrogen (secondary N) is 1. The topological polar surface area (TPSA) is 81.4 Å². The molecule has 1 aromatic carbocycles. The van der Waals surface area contributed by atoms with Crippen molar-refractivity contribution in [1.82, 2.24) is 5.32 Å². The number of ether oxygens (including phenoxy) is 1. The Morgan fingerprint density at radius 3 is 2.53 bits per heavy atom. The van der Waals surface area contributed by atoms with Gasteiger partial charge in [-0.1, -0.05) is 30.3 Å². The molecule has 0 aliphatic heterocycles. The molecule has 0 saturated carbocycles. The minimum absolute atomic E-state index is 0.253. The van der Waals surface area contributed by atoms with Crippen LogP contribution in [-0.4, -0.2) is 24.6 Å². The van der Waals surface area contributed by atoms with E-state index >= 15 is 0 Å². The average Bonchev–Trinajstić information content (AvgIpc) is 2.29. The maximum atomic E-state index is 11.2. The molecule has 0 radical (unpaired) electrons. The lowest BCUT2D eigenvalue weighted by Crippen LogP contribution is -2.46. The number of nitrogens with two attached hydrogens (primary N) is 1. The van der Waals surface area contributed by atoms with Gasteiger partial charge in [-0.05, 0) is 12.5 Å². The van der Waals surface area contributed by atoms with Gasteiger partial charge in [0.25, 0.3) is 0 Å². The molecule has 1 rings (SSSR count). The zero-order valence-electron chi connectivity index (χ0n) is 9.68. The summed E-state index contributed by atoms with van der Waals surface area (Å²) in [5.41, 5.74) is 6.14. The van der Waals surface area contributed by atoms with Crippen LogP contribution in [0.2, 0.25) is 0 Å². The Morgan fingerprint density at radius 2 is 2.00 bits per heavy atom. The molecule has 0 fully saturated rings. The van der Waals surface area contributed by atoms with E-state index in [2.05, 4.69) is 5.32 Å². The first-order valence-electron chi connectivity index (χ1n) is 5.40. The van der Waals surface area contributed by atoms with Gasteiger partial charge in [-0.2, -0.15) is 0 Å². The van der Waals surface area contributed by atoms with Gasteiger partial charge in [0.15, 0.2) is 0 Å². The fraction of sp³-hybridized carbons (Fsp3) is 0.333. The summed E-state index contributed by atoms with van der Waals surface area (Å²) in [7, 11) is 0. The van der Waals surface area contributed by atoms with Crippen molar-refractivity contribution in [3.05, 3.63) is 35.9 Å². The van der Waals surface area contributed by atoms with Crippen molar-refractivity contribution in [1.29, 1.82) is 0 Å².